The maximum Gasteiger partial charge on any atom is 0.255 e. The van der Waals surface area contributed by atoms with Gasteiger partial charge in [0.05, 0.1) is 0 Å². The molecule has 0 aliphatic carbocycles. The van der Waals surface area contributed by atoms with Gasteiger partial charge in [0.25, 0.3) is 5.91 Å². The fourth-order valence-corrected chi connectivity index (χ4v) is 1.13. The third-order valence-electron chi connectivity index (χ3n) is 1.69. The molecular weight excluding hydrogens is 184 g/mol. The van der Waals surface area contributed by atoms with Gasteiger partial charge in [0.2, 0.25) is 0 Å². The third-order valence-corrected chi connectivity index (χ3v) is 1.69. The van der Waals surface area contributed by atoms with E-state index in [-0.39, 0.29) is 6.61 Å². The van der Waals surface area contributed by atoms with Crippen LogP contribution in [0.5, 0.6) is 5.75 Å². The molecule has 1 aromatic heterocycles. The van der Waals surface area contributed by atoms with Crippen molar-refractivity contribution < 1.29 is 13.9 Å². The van der Waals surface area contributed by atoms with E-state index in [1.54, 1.807) is 18.2 Å². The molecular formula is C9H8N2O3. The van der Waals surface area contributed by atoms with Gasteiger partial charge in [0.1, 0.15) is 5.75 Å². The number of primary amides is 1. The zero-order valence-corrected chi connectivity index (χ0v) is 7.27. The Labute approximate surface area is 79.5 Å². The summed E-state index contributed by atoms with van der Waals surface area (Å²) in [5.41, 5.74) is 6.16. The molecule has 0 aliphatic rings. The van der Waals surface area contributed by atoms with Gasteiger partial charge in [-0.15, -0.1) is 0 Å². The van der Waals surface area contributed by atoms with Crippen molar-refractivity contribution in [1.29, 1.82) is 0 Å². The number of hydrogen-bond donors (Lipinski definition) is 1. The molecule has 0 unspecified atom stereocenters. The predicted octanol–water partition coefficient (Wildman–Crippen LogP) is 0.692. The lowest BCUT2D eigenvalue weighted by Crippen LogP contribution is -2.20. The molecule has 1 aromatic carbocycles. The van der Waals surface area contributed by atoms with Crippen molar-refractivity contribution in [3.8, 4) is 5.75 Å². The van der Waals surface area contributed by atoms with E-state index in [4.69, 9.17) is 14.9 Å². The molecule has 0 radical (unpaired) electrons. The Hall–Kier alpha value is -2.04. The Morgan fingerprint density at radius 3 is 3.21 bits per heavy atom. The first-order valence-corrected chi connectivity index (χ1v) is 4.00. The van der Waals surface area contributed by atoms with E-state index in [2.05, 4.69) is 4.98 Å². The molecule has 2 N–H and O–H groups in total. The summed E-state index contributed by atoms with van der Waals surface area (Å²) in [4.78, 5) is 14.5. The minimum Gasteiger partial charge on any atom is -0.481 e. The third kappa shape index (κ3) is 1.52. The predicted molar refractivity (Wildman–Crippen MR) is 48.7 cm³/mol. The molecule has 2 aromatic rings. The SMILES string of the molecule is NC(=O)COc1cccc2ocnc12. The van der Waals surface area contributed by atoms with Gasteiger partial charge in [0, 0.05) is 0 Å². The summed E-state index contributed by atoms with van der Waals surface area (Å²) in [5.74, 6) is -0.0273. The van der Waals surface area contributed by atoms with Gasteiger partial charge in [-0.05, 0) is 12.1 Å². The number of carbonyl (C=O) groups excluding carboxylic acids is 1. The molecule has 5 heteroatoms. The number of benzene rings is 1. The van der Waals surface area contributed by atoms with Crippen LogP contribution in [-0.2, 0) is 4.79 Å². The maximum atomic E-state index is 10.5. The standard InChI is InChI=1S/C9H8N2O3/c10-8(12)4-13-6-2-1-3-7-9(6)11-5-14-7/h1-3,5H,4H2,(H2,10,12). The second-order valence-corrected chi connectivity index (χ2v) is 2.71. The molecule has 0 saturated carbocycles. The van der Waals surface area contributed by atoms with Crippen LogP contribution in [0.3, 0.4) is 0 Å². The number of carbonyl (C=O) groups is 1. The monoisotopic (exact) mass is 192 g/mol. The van der Waals surface area contributed by atoms with E-state index in [0.717, 1.165) is 0 Å². The molecule has 2 rings (SSSR count). The lowest BCUT2D eigenvalue weighted by molar-refractivity contribution is -0.119. The molecule has 72 valence electrons. The van der Waals surface area contributed by atoms with Gasteiger partial charge in [0.15, 0.2) is 24.1 Å². The first kappa shape index (κ1) is 8.55. The Bertz CT molecular complexity index is 464. The highest BCUT2D eigenvalue weighted by atomic mass is 16.5. The van der Waals surface area contributed by atoms with Crippen LogP contribution >= 0.6 is 0 Å². The summed E-state index contributed by atoms with van der Waals surface area (Å²) in [5, 5.41) is 0. The molecule has 0 bridgehead atoms. The molecule has 5 nitrogen and oxygen atoms in total. The summed E-state index contributed by atoms with van der Waals surface area (Å²) in [6.45, 7) is -0.161. The summed E-state index contributed by atoms with van der Waals surface area (Å²) in [7, 11) is 0. The van der Waals surface area contributed by atoms with Crippen LogP contribution in [0.2, 0.25) is 0 Å². The quantitative estimate of drug-likeness (QED) is 0.776. The van der Waals surface area contributed by atoms with Gasteiger partial charge >= 0.3 is 0 Å². The Kier molecular flexibility index (Phi) is 2.06. The van der Waals surface area contributed by atoms with E-state index >= 15 is 0 Å². The highest BCUT2D eigenvalue weighted by molar-refractivity contribution is 5.80. The molecule has 1 heterocycles. The van der Waals surface area contributed by atoms with Crippen LogP contribution in [0.1, 0.15) is 0 Å². The molecule has 1 amide bonds. The Morgan fingerprint density at radius 1 is 1.57 bits per heavy atom. The van der Waals surface area contributed by atoms with Crippen molar-refractivity contribution in [2.45, 2.75) is 0 Å². The highest BCUT2D eigenvalue weighted by Gasteiger charge is 2.06. The van der Waals surface area contributed by atoms with Crippen LogP contribution in [0, 0.1) is 0 Å². The number of aromatic nitrogens is 1. The number of nitrogens with zero attached hydrogens (tertiary/aromatic N) is 1. The van der Waals surface area contributed by atoms with E-state index < -0.39 is 5.91 Å². The average molecular weight is 192 g/mol. The Balaban J connectivity index is 2.32. The first-order chi connectivity index (χ1) is 6.77. The second kappa shape index (κ2) is 3.37. The van der Waals surface area contributed by atoms with Crippen LogP contribution in [0.15, 0.2) is 29.0 Å². The highest BCUT2D eigenvalue weighted by Crippen LogP contribution is 2.23. The van der Waals surface area contributed by atoms with Crippen LogP contribution in [0.25, 0.3) is 11.1 Å². The van der Waals surface area contributed by atoms with Crippen molar-refractivity contribution in [2.24, 2.45) is 5.73 Å². The largest absolute Gasteiger partial charge is 0.481 e. The normalized spacial score (nSPS) is 10.3. The van der Waals surface area contributed by atoms with Gasteiger partial charge < -0.3 is 14.9 Å². The number of oxazole rings is 1. The van der Waals surface area contributed by atoms with Crippen LogP contribution in [-0.4, -0.2) is 17.5 Å². The van der Waals surface area contributed by atoms with Crippen LogP contribution < -0.4 is 10.5 Å². The number of fused-ring (bicyclic) bond motifs is 1. The molecule has 0 aliphatic heterocycles. The molecule has 0 fully saturated rings. The fraction of sp³-hybridized carbons (Fsp3) is 0.111. The van der Waals surface area contributed by atoms with Crippen LogP contribution in [0.4, 0.5) is 0 Å². The number of amides is 1. The van der Waals surface area contributed by atoms with Gasteiger partial charge in [-0.2, -0.15) is 0 Å². The van der Waals surface area contributed by atoms with Crippen molar-refractivity contribution in [3.63, 3.8) is 0 Å². The fourth-order valence-electron chi connectivity index (χ4n) is 1.13. The summed E-state index contributed by atoms with van der Waals surface area (Å²) in [6, 6.07) is 5.22. The van der Waals surface area contributed by atoms with E-state index in [1.807, 2.05) is 0 Å². The minimum atomic E-state index is -0.523. The van der Waals surface area contributed by atoms with Crippen molar-refractivity contribution in [1.82, 2.24) is 4.98 Å². The smallest absolute Gasteiger partial charge is 0.255 e. The molecule has 0 saturated heterocycles. The number of nitrogens with two attached hydrogens (primary N) is 1. The number of para-hydroxylation sites is 1. The van der Waals surface area contributed by atoms with Gasteiger partial charge in [-0.1, -0.05) is 6.07 Å². The van der Waals surface area contributed by atoms with E-state index in [1.165, 1.54) is 6.39 Å². The summed E-state index contributed by atoms with van der Waals surface area (Å²) >= 11 is 0. The maximum absolute atomic E-state index is 10.5. The van der Waals surface area contributed by atoms with Crippen molar-refractivity contribution in [2.75, 3.05) is 6.61 Å². The average Bonchev–Trinajstić information content (AvgIpc) is 2.62. The lowest BCUT2D eigenvalue weighted by Gasteiger charge is -2.02. The lowest BCUT2D eigenvalue weighted by atomic mass is 10.3. The van der Waals surface area contributed by atoms with E-state index in [9.17, 15) is 4.79 Å². The summed E-state index contributed by atoms with van der Waals surface area (Å²) in [6.07, 6.45) is 1.32. The molecule has 0 atom stereocenters. The van der Waals surface area contributed by atoms with E-state index in [0.29, 0.717) is 16.8 Å². The van der Waals surface area contributed by atoms with Gasteiger partial charge in [-0.25, -0.2) is 4.98 Å². The van der Waals surface area contributed by atoms with Gasteiger partial charge in [-0.3, -0.25) is 4.79 Å². The summed E-state index contributed by atoms with van der Waals surface area (Å²) < 4.78 is 10.2. The zero-order valence-electron chi connectivity index (χ0n) is 7.27. The molecule has 14 heavy (non-hydrogen) atoms. The number of rotatable bonds is 3. The Morgan fingerprint density at radius 2 is 2.43 bits per heavy atom. The van der Waals surface area contributed by atoms with Crippen molar-refractivity contribution in [3.05, 3.63) is 24.6 Å². The topological polar surface area (TPSA) is 78.4 Å². The zero-order chi connectivity index (χ0) is 9.97. The minimum absolute atomic E-state index is 0.161. The first-order valence-electron chi connectivity index (χ1n) is 4.00. The number of hydrogen-bond acceptors (Lipinski definition) is 4. The number of ether oxygens (including phenoxy) is 1. The molecule has 0 spiro atoms. The second-order valence-electron chi connectivity index (χ2n) is 2.71. The van der Waals surface area contributed by atoms with Crippen molar-refractivity contribution >= 4 is 17.0 Å².